The largest absolute Gasteiger partial charge is 0.379 e. The van der Waals surface area contributed by atoms with Gasteiger partial charge in [0.2, 0.25) is 0 Å². The predicted octanol–water partition coefficient (Wildman–Crippen LogP) is -0.386. The number of hydrogen-bond donors (Lipinski definition) is 2. The summed E-state index contributed by atoms with van der Waals surface area (Å²) in [6, 6.07) is -0.740. The number of nitrogens with one attached hydrogen (secondary N) is 2. The van der Waals surface area contributed by atoms with Crippen LogP contribution in [0.3, 0.4) is 0 Å². The normalized spacial score (nSPS) is 23.9. The summed E-state index contributed by atoms with van der Waals surface area (Å²) in [5.74, 6) is -1.03. The van der Waals surface area contributed by atoms with Gasteiger partial charge in [-0.1, -0.05) is 19.8 Å². The lowest BCUT2D eigenvalue weighted by molar-refractivity contribution is -0.152. The number of morpholine rings is 1. The van der Waals surface area contributed by atoms with Crippen molar-refractivity contribution < 1.29 is 19.1 Å². The second kappa shape index (κ2) is 5.66. The summed E-state index contributed by atoms with van der Waals surface area (Å²) in [7, 11) is 0. The Labute approximate surface area is 111 Å². The maximum atomic E-state index is 12.3. The van der Waals surface area contributed by atoms with Crippen molar-refractivity contribution in [1.29, 1.82) is 0 Å². The number of amides is 4. The predicted molar refractivity (Wildman–Crippen MR) is 66.3 cm³/mol. The van der Waals surface area contributed by atoms with E-state index in [9.17, 15) is 14.4 Å². The van der Waals surface area contributed by atoms with E-state index in [2.05, 4.69) is 10.6 Å². The molecule has 4 amide bonds. The maximum Gasteiger partial charge on any atom is 0.328 e. The van der Waals surface area contributed by atoms with E-state index in [-0.39, 0.29) is 0 Å². The number of ether oxygens (including phenoxy) is 1. The van der Waals surface area contributed by atoms with Crippen LogP contribution in [0.2, 0.25) is 0 Å². The number of imide groups is 2. The molecule has 0 aliphatic carbocycles. The van der Waals surface area contributed by atoms with Crippen LogP contribution in [0, 0.1) is 0 Å². The first kappa shape index (κ1) is 14.0. The van der Waals surface area contributed by atoms with Crippen LogP contribution in [0.5, 0.6) is 0 Å². The van der Waals surface area contributed by atoms with E-state index in [0.717, 1.165) is 12.8 Å². The molecule has 2 rings (SSSR count). The van der Waals surface area contributed by atoms with Gasteiger partial charge in [0, 0.05) is 13.1 Å². The van der Waals surface area contributed by atoms with Crippen LogP contribution in [0.1, 0.15) is 26.2 Å². The van der Waals surface area contributed by atoms with E-state index in [1.807, 2.05) is 11.8 Å². The van der Waals surface area contributed by atoms with Crippen LogP contribution in [0.15, 0.2) is 0 Å². The van der Waals surface area contributed by atoms with Crippen molar-refractivity contribution in [1.82, 2.24) is 15.5 Å². The lowest BCUT2D eigenvalue weighted by Gasteiger charge is -2.44. The third-order valence-corrected chi connectivity index (χ3v) is 3.65. The first-order chi connectivity index (χ1) is 9.11. The summed E-state index contributed by atoms with van der Waals surface area (Å²) in [6.07, 6.45) is 2.03. The van der Waals surface area contributed by atoms with Crippen molar-refractivity contribution in [2.24, 2.45) is 0 Å². The Morgan fingerprint density at radius 2 is 1.74 bits per heavy atom. The Hall–Kier alpha value is -1.47. The van der Waals surface area contributed by atoms with Gasteiger partial charge >= 0.3 is 6.03 Å². The van der Waals surface area contributed by atoms with E-state index in [1.165, 1.54) is 0 Å². The average Bonchev–Trinajstić information content (AvgIpc) is 2.39. The van der Waals surface area contributed by atoms with E-state index >= 15 is 0 Å². The molecule has 0 spiro atoms. The molecule has 2 aliphatic heterocycles. The molecule has 0 aromatic rings. The lowest BCUT2D eigenvalue weighted by atomic mass is 9.86. The Morgan fingerprint density at radius 1 is 1.16 bits per heavy atom. The summed E-state index contributed by atoms with van der Waals surface area (Å²) < 4.78 is 5.26. The molecule has 106 valence electrons. The van der Waals surface area contributed by atoms with Crippen molar-refractivity contribution in [2.45, 2.75) is 31.7 Å². The lowest BCUT2D eigenvalue weighted by Crippen LogP contribution is -2.74. The third-order valence-electron chi connectivity index (χ3n) is 3.65. The zero-order valence-electron chi connectivity index (χ0n) is 11.0. The first-order valence-corrected chi connectivity index (χ1v) is 6.61. The summed E-state index contributed by atoms with van der Waals surface area (Å²) in [6.45, 7) is 4.00. The highest BCUT2D eigenvalue weighted by molar-refractivity contribution is 6.22. The zero-order valence-corrected chi connectivity index (χ0v) is 11.0. The van der Waals surface area contributed by atoms with Crippen LogP contribution < -0.4 is 10.6 Å². The van der Waals surface area contributed by atoms with Crippen LogP contribution in [-0.4, -0.2) is 54.6 Å². The van der Waals surface area contributed by atoms with Crippen molar-refractivity contribution in [2.75, 3.05) is 26.3 Å². The zero-order chi connectivity index (χ0) is 13.9. The number of nitrogens with zero attached hydrogens (tertiary/aromatic N) is 1. The first-order valence-electron chi connectivity index (χ1n) is 6.61. The molecule has 2 aliphatic rings. The molecule has 0 aromatic heterocycles. The molecule has 7 nitrogen and oxygen atoms in total. The Kier molecular flexibility index (Phi) is 4.16. The monoisotopic (exact) mass is 269 g/mol. The quantitative estimate of drug-likeness (QED) is 0.679. The van der Waals surface area contributed by atoms with Crippen LogP contribution in [0.25, 0.3) is 0 Å². The molecule has 0 radical (unpaired) electrons. The summed E-state index contributed by atoms with van der Waals surface area (Å²) in [5.41, 5.74) is -1.27. The molecule has 19 heavy (non-hydrogen) atoms. The van der Waals surface area contributed by atoms with Gasteiger partial charge in [0.05, 0.1) is 13.2 Å². The molecular weight excluding hydrogens is 250 g/mol. The average molecular weight is 269 g/mol. The van der Waals surface area contributed by atoms with Crippen molar-refractivity contribution in [3.8, 4) is 0 Å². The molecule has 0 unspecified atom stereocenters. The molecule has 0 saturated carbocycles. The van der Waals surface area contributed by atoms with E-state index < -0.39 is 23.4 Å². The second-order valence-corrected chi connectivity index (χ2v) is 4.80. The number of carbonyl (C=O) groups excluding carboxylic acids is 3. The number of unbranched alkanes of at least 4 members (excludes halogenated alkanes) is 1. The molecule has 7 heteroatoms. The van der Waals surface area contributed by atoms with E-state index in [4.69, 9.17) is 4.74 Å². The summed E-state index contributed by atoms with van der Waals surface area (Å²) in [4.78, 5) is 37.6. The molecule has 0 aromatic carbocycles. The number of carbonyl (C=O) groups is 3. The van der Waals surface area contributed by atoms with Gasteiger partial charge in [-0.3, -0.25) is 25.1 Å². The van der Waals surface area contributed by atoms with Crippen molar-refractivity contribution >= 4 is 17.8 Å². The minimum atomic E-state index is -1.27. The van der Waals surface area contributed by atoms with Crippen LogP contribution >= 0.6 is 0 Å². The third kappa shape index (κ3) is 2.48. The molecular formula is C12H19N3O4. The topological polar surface area (TPSA) is 87.7 Å². The number of urea groups is 1. The molecule has 2 N–H and O–H groups in total. The van der Waals surface area contributed by atoms with Gasteiger partial charge < -0.3 is 4.74 Å². The highest BCUT2D eigenvalue weighted by Crippen LogP contribution is 2.26. The van der Waals surface area contributed by atoms with Gasteiger partial charge in [-0.2, -0.15) is 0 Å². The smallest absolute Gasteiger partial charge is 0.328 e. The minimum absolute atomic E-state index is 0.411. The Morgan fingerprint density at radius 3 is 2.26 bits per heavy atom. The van der Waals surface area contributed by atoms with Gasteiger partial charge in [0.15, 0.2) is 5.54 Å². The van der Waals surface area contributed by atoms with E-state index in [0.29, 0.717) is 32.7 Å². The van der Waals surface area contributed by atoms with Crippen LogP contribution in [-0.2, 0) is 14.3 Å². The Balaban J connectivity index is 2.29. The fourth-order valence-electron chi connectivity index (χ4n) is 2.60. The van der Waals surface area contributed by atoms with Crippen molar-refractivity contribution in [3.05, 3.63) is 0 Å². The maximum absolute atomic E-state index is 12.3. The fourth-order valence-corrected chi connectivity index (χ4v) is 2.60. The van der Waals surface area contributed by atoms with Crippen LogP contribution in [0.4, 0.5) is 4.79 Å². The van der Waals surface area contributed by atoms with Gasteiger partial charge in [-0.05, 0) is 6.42 Å². The number of barbiturate groups is 1. The highest BCUT2D eigenvalue weighted by Gasteiger charge is 2.54. The van der Waals surface area contributed by atoms with Crippen molar-refractivity contribution in [3.63, 3.8) is 0 Å². The molecule has 2 fully saturated rings. The molecule has 2 heterocycles. The number of hydrogen-bond acceptors (Lipinski definition) is 5. The number of rotatable bonds is 4. The van der Waals surface area contributed by atoms with Gasteiger partial charge in [0.1, 0.15) is 0 Å². The minimum Gasteiger partial charge on any atom is -0.379 e. The molecule has 0 bridgehead atoms. The summed E-state index contributed by atoms with van der Waals surface area (Å²) >= 11 is 0. The molecule has 2 saturated heterocycles. The highest BCUT2D eigenvalue weighted by atomic mass is 16.5. The molecule has 0 atom stereocenters. The van der Waals surface area contributed by atoms with Gasteiger partial charge in [-0.25, -0.2) is 4.79 Å². The van der Waals surface area contributed by atoms with E-state index in [1.54, 1.807) is 0 Å². The standard InChI is InChI=1S/C12H19N3O4/c1-2-3-4-12(15-5-7-19-8-6-15)9(16)13-11(18)14-10(12)17/h2-8H2,1H3,(H2,13,14,16,17,18). The Bertz CT molecular complexity index is 370. The fraction of sp³-hybridized carbons (Fsp3) is 0.750. The summed E-state index contributed by atoms with van der Waals surface area (Å²) in [5, 5.41) is 4.43. The second-order valence-electron chi connectivity index (χ2n) is 4.80. The van der Waals surface area contributed by atoms with Gasteiger partial charge in [0.25, 0.3) is 11.8 Å². The SMILES string of the molecule is CCCCC1(N2CCOCC2)C(=O)NC(=O)NC1=O. The van der Waals surface area contributed by atoms with Gasteiger partial charge in [-0.15, -0.1) is 0 Å².